The third-order valence-electron chi connectivity index (χ3n) is 4.61. The van der Waals surface area contributed by atoms with Crippen molar-refractivity contribution in [3.05, 3.63) is 23.8 Å². The highest BCUT2D eigenvalue weighted by Crippen LogP contribution is 2.28. The number of amides is 2. The lowest BCUT2D eigenvalue weighted by atomic mass is 9.95. The van der Waals surface area contributed by atoms with Crippen molar-refractivity contribution in [3.63, 3.8) is 0 Å². The molecule has 0 atom stereocenters. The zero-order chi connectivity index (χ0) is 20.4. The zero-order valence-electron chi connectivity index (χ0n) is 16.4. The number of methoxy groups -OCH3 is 2. The molecular weight excluding hydrogens is 364 g/mol. The predicted molar refractivity (Wildman–Crippen MR) is 102 cm³/mol. The second kappa shape index (κ2) is 11.2. The van der Waals surface area contributed by atoms with Crippen LogP contribution in [-0.4, -0.2) is 51.2 Å². The van der Waals surface area contributed by atoms with Crippen LogP contribution in [-0.2, 0) is 14.3 Å². The fraction of sp³-hybridized carbons (Fsp3) is 0.550. The Hall–Kier alpha value is -2.77. The van der Waals surface area contributed by atoms with E-state index in [-0.39, 0.29) is 37.4 Å². The molecule has 8 nitrogen and oxygen atoms in total. The smallest absolute Gasteiger partial charge is 0.343 e. The minimum atomic E-state index is -0.518. The van der Waals surface area contributed by atoms with Crippen molar-refractivity contribution in [2.24, 2.45) is 0 Å². The van der Waals surface area contributed by atoms with Crippen molar-refractivity contribution >= 4 is 17.8 Å². The van der Waals surface area contributed by atoms with Crippen LogP contribution < -0.4 is 20.1 Å². The summed E-state index contributed by atoms with van der Waals surface area (Å²) in [5.41, 5.74) is 0.370. The normalized spacial score (nSPS) is 14.1. The number of ether oxygens (including phenoxy) is 3. The number of benzene rings is 1. The average molecular weight is 392 g/mol. The summed E-state index contributed by atoms with van der Waals surface area (Å²) in [6.45, 7) is -0.00516. The summed E-state index contributed by atoms with van der Waals surface area (Å²) in [5.74, 6) is -0.224. The van der Waals surface area contributed by atoms with E-state index in [0.717, 1.165) is 25.7 Å². The van der Waals surface area contributed by atoms with E-state index >= 15 is 0 Å². The van der Waals surface area contributed by atoms with Crippen LogP contribution >= 0.6 is 0 Å². The van der Waals surface area contributed by atoms with Gasteiger partial charge >= 0.3 is 5.97 Å². The molecule has 2 N–H and O–H groups in total. The molecule has 1 saturated carbocycles. The number of carbonyl (C=O) groups is 3. The summed E-state index contributed by atoms with van der Waals surface area (Å²) in [5, 5.41) is 5.75. The minimum Gasteiger partial charge on any atom is -0.493 e. The van der Waals surface area contributed by atoms with Gasteiger partial charge in [0.2, 0.25) is 5.91 Å². The van der Waals surface area contributed by atoms with Crippen molar-refractivity contribution in [1.82, 2.24) is 10.6 Å². The van der Waals surface area contributed by atoms with Crippen LogP contribution in [0.5, 0.6) is 11.5 Å². The summed E-state index contributed by atoms with van der Waals surface area (Å²) in [4.78, 5) is 35.5. The summed E-state index contributed by atoms with van der Waals surface area (Å²) >= 11 is 0. The van der Waals surface area contributed by atoms with Gasteiger partial charge in [-0.15, -0.1) is 0 Å². The van der Waals surface area contributed by atoms with Crippen molar-refractivity contribution in [2.75, 3.05) is 27.4 Å². The standard InChI is InChI=1S/C20H28N2O6/c1-26-17-12-14(8-9-16(17)28-13-19(24)27-2)20(25)21-11-10-18(23)22-15-6-4-3-5-7-15/h8-9,12,15H,3-7,10-11,13H2,1-2H3,(H,21,25)(H,22,23). The first-order valence-electron chi connectivity index (χ1n) is 9.48. The van der Waals surface area contributed by atoms with Gasteiger partial charge in [-0.1, -0.05) is 19.3 Å². The Labute approximate surface area is 164 Å². The molecule has 0 unspecified atom stereocenters. The van der Waals surface area contributed by atoms with E-state index in [1.54, 1.807) is 12.1 Å². The SMILES string of the molecule is COC(=O)COc1ccc(C(=O)NCCC(=O)NC2CCCCC2)cc1OC. The van der Waals surface area contributed by atoms with Crippen molar-refractivity contribution in [2.45, 2.75) is 44.6 Å². The van der Waals surface area contributed by atoms with E-state index in [1.807, 2.05) is 0 Å². The molecule has 1 aromatic rings. The Morgan fingerprint density at radius 2 is 1.82 bits per heavy atom. The lowest BCUT2D eigenvalue weighted by molar-refractivity contribution is -0.142. The first-order chi connectivity index (χ1) is 13.5. The number of hydrogen-bond acceptors (Lipinski definition) is 6. The second-order valence-corrected chi connectivity index (χ2v) is 6.64. The van der Waals surface area contributed by atoms with Crippen LogP contribution in [0.3, 0.4) is 0 Å². The molecule has 2 rings (SSSR count). The molecular formula is C20H28N2O6. The fourth-order valence-electron chi connectivity index (χ4n) is 3.06. The molecule has 28 heavy (non-hydrogen) atoms. The number of esters is 1. The maximum atomic E-state index is 12.3. The van der Waals surface area contributed by atoms with Crippen molar-refractivity contribution in [1.29, 1.82) is 0 Å². The molecule has 8 heteroatoms. The number of hydrogen-bond donors (Lipinski definition) is 2. The minimum absolute atomic E-state index is 0.0451. The van der Waals surface area contributed by atoms with Gasteiger partial charge < -0.3 is 24.8 Å². The quantitative estimate of drug-likeness (QED) is 0.622. The largest absolute Gasteiger partial charge is 0.493 e. The first-order valence-corrected chi connectivity index (χ1v) is 9.48. The lowest BCUT2D eigenvalue weighted by Crippen LogP contribution is -2.38. The molecule has 0 radical (unpaired) electrons. The summed E-state index contributed by atoms with van der Waals surface area (Å²) in [6, 6.07) is 4.89. The summed E-state index contributed by atoms with van der Waals surface area (Å²) < 4.78 is 15.0. The molecule has 154 valence electrons. The molecule has 1 fully saturated rings. The van der Waals surface area contributed by atoms with Crippen LogP contribution in [0.1, 0.15) is 48.9 Å². The highest BCUT2D eigenvalue weighted by molar-refractivity contribution is 5.95. The maximum Gasteiger partial charge on any atom is 0.343 e. The monoisotopic (exact) mass is 392 g/mol. The zero-order valence-corrected chi connectivity index (χ0v) is 16.4. The van der Waals surface area contributed by atoms with Gasteiger partial charge in [-0.2, -0.15) is 0 Å². The summed E-state index contributed by atoms with van der Waals surface area (Å²) in [7, 11) is 2.71. The van der Waals surface area contributed by atoms with Gasteiger partial charge in [0.25, 0.3) is 5.91 Å². The molecule has 0 heterocycles. The van der Waals surface area contributed by atoms with Crippen LogP contribution in [0.4, 0.5) is 0 Å². The third kappa shape index (κ3) is 6.75. The fourth-order valence-corrected chi connectivity index (χ4v) is 3.06. The molecule has 0 saturated heterocycles. The predicted octanol–water partition coefficient (Wildman–Crippen LogP) is 1.82. The second-order valence-electron chi connectivity index (χ2n) is 6.64. The van der Waals surface area contributed by atoms with Gasteiger partial charge in [0, 0.05) is 24.6 Å². The molecule has 0 spiro atoms. The maximum absolute atomic E-state index is 12.3. The van der Waals surface area contributed by atoms with Gasteiger partial charge in [-0.05, 0) is 31.0 Å². The molecule has 0 aliphatic heterocycles. The molecule has 1 aromatic carbocycles. The van der Waals surface area contributed by atoms with Gasteiger partial charge in [-0.25, -0.2) is 4.79 Å². The Balaban J connectivity index is 1.80. The number of rotatable bonds is 9. The van der Waals surface area contributed by atoms with E-state index in [9.17, 15) is 14.4 Å². The molecule has 0 aromatic heterocycles. The van der Waals surface area contributed by atoms with Crippen LogP contribution in [0, 0.1) is 0 Å². The first kappa shape index (κ1) is 21.5. The van der Waals surface area contributed by atoms with E-state index in [2.05, 4.69) is 15.4 Å². The highest BCUT2D eigenvalue weighted by atomic mass is 16.6. The Bertz CT molecular complexity index is 685. The van der Waals surface area contributed by atoms with Crippen LogP contribution in [0.25, 0.3) is 0 Å². The molecule has 1 aliphatic carbocycles. The van der Waals surface area contributed by atoms with Crippen LogP contribution in [0.15, 0.2) is 18.2 Å². The Morgan fingerprint density at radius 1 is 1.07 bits per heavy atom. The van der Waals surface area contributed by atoms with Crippen molar-refractivity contribution < 1.29 is 28.6 Å². The lowest BCUT2D eigenvalue weighted by Gasteiger charge is -2.22. The Kier molecular flexibility index (Phi) is 8.58. The van der Waals surface area contributed by atoms with Crippen LogP contribution in [0.2, 0.25) is 0 Å². The number of nitrogens with one attached hydrogen (secondary N) is 2. The summed E-state index contributed by atoms with van der Waals surface area (Å²) in [6.07, 6.45) is 5.84. The highest BCUT2D eigenvalue weighted by Gasteiger charge is 2.16. The van der Waals surface area contributed by atoms with Gasteiger partial charge in [0.15, 0.2) is 18.1 Å². The topological polar surface area (TPSA) is 103 Å². The van der Waals surface area contributed by atoms with E-state index in [1.165, 1.54) is 26.7 Å². The van der Waals surface area contributed by atoms with Gasteiger partial charge in [0.05, 0.1) is 14.2 Å². The molecule has 1 aliphatic rings. The van der Waals surface area contributed by atoms with E-state index in [0.29, 0.717) is 17.1 Å². The number of carbonyl (C=O) groups excluding carboxylic acids is 3. The van der Waals surface area contributed by atoms with Gasteiger partial charge in [-0.3, -0.25) is 9.59 Å². The van der Waals surface area contributed by atoms with Gasteiger partial charge in [0.1, 0.15) is 0 Å². The Morgan fingerprint density at radius 3 is 2.50 bits per heavy atom. The van der Waals surface area contributed by atoms with E-state index in [4.69, 9.17) is 9.47 Å². The average Bonchev–Trinajstić information content (AvgIpc) is 2.72. The van der Waals surface area contributed by atoms with E-state index < -0.39 is 5.97 Å². The molecule has 2 amide bonds. The third-order valence-corrected chi connectivity index (χ3v) is 4.61. The van der Waals surface area contributed by atoms with Crippen molar-refractivity contribution in [3.8, 4) is 11.5 Å². The molecule has 0 bridgehead atoms.